The Morgan fingerprint density at radius 3 is 2.11 bits per heavy atom. The summed E-state index contributed by atoms with van der Waals surface area (Å²) in [6.45, 7) is 3.11. The quantitative estimate of drug-likeness (QED) is 0.223. The number of carbonyl (C=O) groups is 5. The van der Waals surface area contributed by atoms with Crippen molar-refractivity contribution in [2.75, 3.05) is 7.11 Å². The van der Waals surface area contributed by atoms with E-state index in [9.17, 15) is 49.5 Å². The lowest BCUT2D eigenvalue weighted by Gasteiger charge is -2.49. The van der Waals surface area contributed by atoms with Crippen molar-refractivity contribution in [3.05, 3.63) is 35.4 Å². The number of hydrogen-bond acceptors (Lipinski definition) is 14. The van der Waals surface area contributed by atoms with Gasteiger partial charge in [-0.1, -0.05) is 13.8 Å². The zero-order valence-electron chi connectivity index (χ0n) is 24.1. The molecule has 0 unspecified atom stereocenters. The maximum absolute atomic E-state index is 13.9. The van der Waals surface area contributed by atoms with Gasteiger partial charge in [0.1, 0.15) is 64.1 Å². The summed E-state index contributed by atoms with van der Waals surface area (Å²) in [5.41, 5.74) is -9.03. The van der Waals surface area contributed by atoms with Crippen molar-refractivity contribution < 1.29 is 68.5 Å². The third-order valence-corrected chi connectivity index (χ3v) is 10.1. The van der Waals surface area contributed by atoms with Crippen LogP contribution in [0.4, 0.5) is 0 Å². The van der Waals surface area contributed by atoms with Crippen molar-refractivity contribution >= 4 is 29.3 Å². The van der Waals surface area contributed by atoms with E-state index in [1.807, 2.05) is 0 Å². The molecule has 2 saturated carbocycles. The van der Waals surface area contributed by atoms with Gasteiger partial charge in [0.2, 0.25) is 17.0 Å². The van der Waals surface area contributed by atoms with Gasteiger partial charge in [0.15, 0.2) is 5.78 Å². The van der Waals surface area contributed by atoms with Gasteiger partial charge in [-0.15, -0.1) is 0 Å². The number of Topliss-reactive ketones (excluding diaryl/α,β-unsaturated/α-hetero) is 3. The van der Waals surface area contributed by atoms with E-state index in [1.165, 1.54) is 31.2 Å². The highest BCUT2D eigenvalue weighted by Gasteiger charge is 2.81. The molecule has 2 aromatic carbocycles. The molecule has 236 valence electrons. The number of rotatable bonds is 2. The molecule has 5 N–H and O–H groups in total. The summed E-state index contributed by atoms with van der Waals surface area (Å²) >= 11 is 0. The summed E-state index contributed by atoms with van der Waals surface area (Å²) in [6.07, 6.45) is -4.92. The average Bonchev–Trinajstić information content (AvgIpc) is 3.15. The average molecular weight is 625 g/mol. The summed E-state index contributed by atoms with van der Waals surface area (Å²) in [7, 11) is 1.01. The van der Waals surface area contributed by atoms with E-state index in [0.29, 0.717) is 0 Å². The van der Waals surface area contributed by atoms with E-state index in [2.05, 4.69) is 0 Å². The van der Waals surface area contributed by atoms with Crippen molar-refractivity contribution in [3.8, 4) is 34.1 Å². The molecule has 14 heteroatoms. The molecule has 3 aliphatic heterocycles. The van der Waals surface area contributed by atoms with Crippen LogP contribution in [-0.4, -0.2) is 97.0 Å². The maximum Gasteiger partial charge on any atom is 0.357 e. The first-order valence-corrected chi connectivity index (χ1v) is 14.3. The van der Waals surface area contributed by atoms with Crippen LogP contribution in [0.25, 0.3) is 11.1 Å². The van der Waals surface area contributed by atoms with E-state index in [4.69, 9.17) is 18.9 Å². The molecule has 2 bridgehead atoms. The summed E-state index contributed by atoms with van der Waals surface area (Å²) in [4.78, 5) is 66.8. The molecular weight excluding hydrogens is 596 g/mol. The molecule has 0 radical (unpaired) electrons. The Balaban J connectivity index is 1.37. The number of aliphatic hydroxyl groups excluding tert-OH is 2. The Labute approximate surface area is 254 Å². The smallest absolute Gasteiger partial charge is 0.357 e. The van der Waals surface area contributed by atoms with Gasteiger partial charge in [-0.25, -0.2) is 9.59 Å². The minimum atomic E-state index is -2.68. The number of carbonyl (C=O) groups excluding carboxylic acids is 5. The second-order valence-corrected chi connectivity index (χ2v) is 12.4. The van der Waals surface area contributed by atoms with Crippen molar-refractivity contribution in [3.63, 3.8) is 0 Å². The second kappa shape index (κ2) is 9.02. The zero-order chi connectivity index (χ0) is 32.5. The van der Waals surface area contributed by atoms with Crippen LogP contribution in [0.3, 0.4) is 0 Å². The highest BCUT2D eigenvalue weighted by atomic mass is 16.6. The molecule has 0 aromatic heterocycles. The predicted molar refractivity (Wildman–Crippen MR) is 146 cm³/mol. The third-order valence-electron chi connectivity index (χ3n) is 10.1. The fraction of sp³-hybridized carbons (Fsp3) is 0.452. The van der Waals surface area contributed by atoms with Crippen molar-refractivity contribution in [2.45, 2.75) is 61.8 Å². The largest absolute Gasteiger partial charge is 0.506 e. The van der Waals surface area contributed by atoms with E-state index in [1.54, 1.807) is 6.92 Å². The first-order valence-electron chi connectivity index (χ1n) is 14.3. The van der Waals surface area contributed by atoms with E-state index >= 15 is 0 Å². The van der Waals surface area contributed by atoms with Crippen LogP contribution in [0.5, 0.6) is 23.0 Å². The summed E-state index contributed by atoms with van der Waals surface area (Å²) in [5.74, 6) is -10.6. The van der Waals surface area contributed by atoms with Crippen molar-refractivity contribution in [1.82, 2.24) is 0 Å². The lowest BCUT2D eigenvalue weighted by Crippen LogP contribution is -2.76. The number of ketones is 3. The Bertz CT molecular complexity index is 1760. The minimum absolute atomic E-state index is 0.0653. The number of phenolic OH excluding ortho intramolecular Hbond substituents is 2. The second-order valence-electron chi connectivity index (χ2n) is 12.4. The Kier molecular flexibility index (Phi) is 5.85. The minimum Gasteiger partial charge on any atom is -0.506 e. The van der Waals surface area contributed by atoms with Gasteiger partial charge in [0, 0.05) is 17.5 Å². The van der Waals surface area contributed by atoms with Gasteiger partial charge in [0.05, 0.1) is 7.11 Å². The van der Waals surface area contributed by atoms with Gasteiger partial charge in [-0.2, -0.15) is 0 Å². The third kappa shape index (κ3) is 3.16. The van der Waals surface area contributed by atoms with Gasteiger partial charge < -0.3 is 44.5 Å². The number of ether oxygens (including phenoxy) is 4. The highest BCUT2D eigenvalue weighted by Crippen LogP contribution is 2.58. The van der Waals surface area contributed by atoms with E-state index in [0.717, 1.165) is 7.11 Å². The highest BCUT2D eigenvalue weighted by molar-refractivity contribution is 6.20. The molecule has 1 saturated heterocycles. The number of aliphatic hydroxyl groups is 3. The fourth-order valence-electron chi connectivity index (χ4n) is 7.80. The molecule has 5 aliphatic rings. The van der Waals surface area contributed by atoms with Crippen molar-refractivity contribution in [1.29, 1.82) is 0 Å². The van der Waals surface area contributed by atoms with E-state index in [-0.39, 0.29) is 35.5 Å². The van der Waals surface area contributed by atoms with Gasteiger partial charge >= 0.3 is 11.9 Å². The summed E-state index contributed by atoms with van der Waals surface area (Å²) in [5, 5.41) is 56.4. The summed E-state index contributed by atoms with van der Waals surface area (Å²) in [6, 6.07) is 4.79. The van der Waals surface area contributed by atoms with E-state index < -0.39 is 105 Å². The number of benzene rings is 2. The Morgan fingerprint density at radius 1 is 0.889 bits per heavy atom. The van der Waals surface area contributed by atoms with Gasteiger partial charge in [-0.05, 0) is 42.5 Å². The number of hydrogen-bond donors (Lipinski definition) is 5. The molecule has 7 rings (SSSR count). The fourth-order valence-corrected chi connectivity index (χ4v) is 7.80. The van der Waals surface area contributed by atoms with Crippen molar-refractivity contribution in [2.24, 2.45) is 17.8 Å². The number of phenols is 2. The molecule has 3 heterocycles. The monoisotopic (exact) mass is 624 g/mol. The van der Waals surface area contributed by atoms with Crippen LogP contribution in [0.2, 0.25) is 0 Å². The molecule has 0 amide bonds. The number of esters is 2. The Morgan fingerprint density at radius 2 is 1.49 bits per heavy atom. The van der Waals surface area contributed by atoms with Crippen LogP contribution < -0.4 is 9.47 Å². The lowest BCUT2D eigenvalue weighted by atomic mass is 9.62. The van der Waals surface area contributed by atoms with Crippen LogP contribution in [0.15, 0.2) is 24.3 Å². The topological polar surface area (TPSA) is 223 Å². The summed E-state index contributed by atoms with van der Waals surface area (Å²) < 4.78 is 21.8. The first kappa shape index (κ1) is 29.2. The number of methoxy groups -OCH3 is 1. The zero-order valence-corrected chi connectivity index (χ0v) is 24.1. The molecule has 3 fully saturated rings. The SMILES string of the molecule is COC(=O)[C@@]12Oc3ccc(-c4ccc5c(c4O)C(=O)[C@@]4(O)[C@@H]6C[C@H](C)[C@@H](O)[C@]4(O5)C(=O)O6)c(O)c3C(=O)[C@H]1C(=O)C[C@H](C)[C@@H]2O. The molecule has 14 nitrogen and oxygen atoms in total. The van der Waals surface area contributed by atoms with Crippen LogP contribution in [0, 0.1) is 17.8 Å². The number of aromatic hydroxyl groups is 2. The maximum atomic E-state index is 13.9. The molecule has 2 aliphatic carbocycles. The normalized spacial score (nSPS) is 37.7. The lowest BCUT2D eigenvalue weighted by molar-refractivity contribution is -0.192. The first-order chi connectivity index (χ1) is 21.2. The molecule has 0 spiro atoms. The van der Waals surface area contributed by atoms with Crippen LogP contribution >= 0.6 is 0 Å². The van der Waals surface area contributed by atoms with Crippen LogP contribution in [0.1, 0.15) is 47.4 Å². The van der Waals surface area contributed by atoms with Gasteiger partial charge in [-0.3, -0.25) is 14.4 Å². The van der Waals surface area contributed by atoms with Gasteiger partial charge in [0.25, 0.3) is 5.60 Å². The molecule has 9 atom stereocenters. The molecule has 2 aromatic rings. The molecular formula is C31H28O14. The Hall–Kier alpha value is -4.53. The molecule has 45 heavy (non-hydrogen) atoms. The van der Waals surface area contributed by atoms with Crippen LogP contribution in [-0.2, 0) is 23.9 Å². The predicted octanol–water partition coefficient (Wildman–Crippen LogP) is 0.209. The number of fused-ring (bicyclic) bond motifs is 3. The standard InChI is InChI=1S/C31H28O14/c1-10-8-14(32)20-23(35)18-15(44-29(20,24(10)36)27(39)42-3)6-4-12(21(18)33)13-5-7-16-19(22(13)34)26(38)30(41)17-9-11(2)25(37)31(30,45-16)28(40)43-17/h4-7,10-11,17,20,24-25,33-34,36-37,41H,8-9H2,1-3H3/t10-,11-,17-,20+,24-,25+,29+,30-,31-/m0/s1.